The quantitative estimate of drug-likeness (QED) is 0.527. The van der Waals surface area contributed by atoms with E-state index in [0.717, 1.165) is 5.56 Å². The molecule has 2 aromatic rings. The van der Waals surface area contributed by atoms with E-state index in [9.17, 15) is 4.79 Å². The Morgan fingerprint density at radius 1 is 1.25 bits per heavy atom. The maximum Gasteiger partial charge on any atom is 0.270 e. The highest BCUT2D eigenvalue weighted by Gasteiger charge is 2.13. The number of nitrogens with zero attached hydrogens (tertiary/aromatic N) is 3. The van der Waals surface area contributed by atoms with Crippen molar-refractivity contribution in [3.8, 4) is 23.4 Å². The summed E-state index contributed by atoms with van der Waals surface area (Å²) < 4.78 is 0. The number of H-pyrrole nitrogens is 1. The molecule has 0 saturated carbocycles. The molecule has 20 heavy (non-hydrogen) atoms. The smallest absolute Gasteiger partial charge is 0.270 e. The molecule has 0 bridgehead atoms. The van der Waals surface area contributed by atoms with Crippen LogP contribution in [0.25, 0.3) is 11.3 Å². The minimum atomic E-state index is -0.458. The first-order valence-corrected chi connectivity index (χ1v) is 6.84. The Labute approximate surface area is 119 Å². The largest absolute Gasteiger partial charge is 0.300 e. The van der Waals surface area contributed by atoms with Gasteiger partial charge < -0.3 is 4.98 Å². The van der Waals surface area contributed by atoms with Gasteiger partial charge in [0.2, 0.25) is 0 Å². The van der Waals surface area contributed by atoms with Crippen molar-refractivity contribution in [2.75, 3.05) is 5.75 Å². The molecule has 0 fully saturated rings. The Balaban J connectivity index is 2.47. The summed E-state index contributed by atoms with van der Waals surface area (Å²) in [5, 5.41) is 18.0. The number of aromatic nitrogens is 2. The Hall–Kier alpha value is -2.57. The average Bonchev–Trinajstić information content (AvgIpc) is 2.48. The summed E-state index contributed by atoms with van der Waals surface area (Å²) in [4.78, 5) is 18.8. The van der Waals surface area contributed by atoms with Crippen LogP contribution in [0.5, 0.6) is 0 Å². The van der Waals surface area contributed by atoms with Crippen molar-refractivity contribution in [2.24, 2.45) is 0 Å². The Bertz CT molecular complexity index is 740. The number of aromatic amines is 1. The van der Waals surface area contributed by atoms with Gasteiger partial charge in [0.05, 0.1) is 11.8 Å². The van der Waals surface area contributed by atoms with Gasteiger partial charge >= 0.3 is 0 Å². The van der Waals surface area contributed by atoms with Crippen LogP contribution in [0, 0.1) is 22.7 Å². The second kappa shape index (κ2) is 6.55. The Kier molecular flexibility index (Phi) is 4.54. The van der Waals surface area contributed by atoms with Crippen LogP contribution in [0.4, 0.5) is 0 Å². The summed E-state index contributed by atoms with van der Waals surface area (Å²) in [6.07, 6.45) is 0.370. The number of rotatable bonds is 4. The predicted octanol–water partition coefficient (Wildman–Crippen LogP) is 2.31. The van der Waals surface area contributed by atoms with Crippen LogP contribution >= 0.6 is 11.8 Å². The van der Waals surface area contributed by atoms with Gasteiger partial charge in [0, 0.05) is 17.7 Å². The molecule has 6 heteroatoms. The van der Waals surface area contributed by atoms with Crippen LogP contribution in [0.1, 0.15) is 12.0 Å². The molecule has 0 unspecified atom stereocenters. The molecule has 0 amide bonds. The highest BCUT2D eigenvalue weighted by Crippen LogP contribution is 2.21. The van der Waals surface area contributed by atoms with Gasteiger partial charge in [-0.05, 0) is 0 Å². The third-order valence-electron chi connectivity index (χ3n) is 2.51. The van der Waals surface area contributed by atoms with Gasteiger partial charge in [-0.3, -0.25) is 4.79 Å². The van der Waals surface area contributed by atoms with E-state index < -0.39 is 5.56 Å². The summed E-state index contributed by atoms with van der Waals surface area (Å²) in [5.74, 6) is 0.541. The second-order valence-electron chi connectivity index (χ2n) is 3.83. The van der Waals surface area contributed by atoms with Crippen LogP contribution in [0.15, 0.2) is 40.3 Å². The van der Waals surface area contributed by atoms with Gasteiger partial charge in [-0.1, -0.05) is 42.1 Å². The molecule has 0 saturated heterocycles. The molecule has 0 aliphatic heterocycles. The van der Waals surface area contributed by atoms with Crippen LogP contribution in [0.2, 0.25) is 0 Å². The summed E-state index contributed by atoms with van der Waals surface area (Å²) in [7, 11) is 0. The third-order valence-corrected chi connectivity index (χ3v) is 3.38. The number of nitrogens with one attached hydrogen (secondary N) is 1. The normalized spacial score (nSPS) is 9.70. The standard InChI is InChI=1S/C14H10N4OS/c15-7-4-8-20-14-17-12(10-5-2-1-3-6-10)11(9-16)13(19)18-14/h1-3,5-6H,4,8H2,(H,17,18,19). The highest BCUT2D eigenvalue weighted by atomic mass is 32.2. The SMILES string of the molecule is N#CCCSc1nc(-c2ccccc2)c(C#N)c(=O)[nH]1. The molecule has 0 atom stereocenters. The third kappa shape index (κ3) is 3.05. The highest BCUT2D eigenvalue weighted by molar-refractivity contribution is 7.99. The lowest BCUT2D eigenvalue weighted by atomic mass is 10.1. The van der Waals surface area contributed by atoms with Gasteiger partial charge in [0.15, 0.2) is 5.16 Å². The molecule has 1 aromatic carbocycles. The van der Waals surface area contributed by atoms with Crippen molar-refractivity contribution in [2.45, 2.75) is 11.6 Å². The lowest BCUT2D eigenvalue weighted by Gasteiger charge is -2.05. The number of benzene rings is 1. The summed E-state index contributed by atoms with van der Waals surface area (Å²) in [6, 6.07) is 13.0. The van der Waals surface area contributed by atoms with E-state index in [4.69, 9.17) is 10.5 Å². The van der Waals surface area contributed by atoms with Gasteiger partial charge in [0.25, 0.3) is 5.56 Å². The Morgan fingerprint density at radius 2 is 2.00 bits per heavy atom. The van der Waals surface area contributed by atoms with Crippen molar-refractivity contribution in [1.29, 1.82) is 10.5 Å². The predicted molar refractivity (Wildman–Crippen MR) is 76.0 cm³/mol. The fraction of sp³-hybridized carbons (Fsp3) is 0.143. The minimum Gasteiger partial charge on any atom is -0.300 e. The van der Waals surface area contributed by atoms with Crippen molar-refractivity contribution in [1.82, 2.24) is 9.97 Å². The van der Waals surface area contributed by atoms with Crippen molar-refractivity contribution in [3.05, 3.63) is 46.2 Å². The van der Waals surface area contributed by atoms with Gasteiger partial charge in [-0.25, -0.2) is 4.98 Å². The van der Waals surface area contributed by atoms with E-state index in [-0.39, 0.29) is 5.56 Å². The van der Waals surface area contributed by atoms with E-state index in [2.05, 4.69) is 9.97 Å². The zero-order valence-corrected chi connectivity index (χ0v) is 11.3. The molecule has 0 aliphatic carbocycles. The lowest BCUT2D eigenvalue weighted by molar-refractivity contribution is 0.934. The molecule has 0 spiro atoms. The molecule has 1 aromatic heterocycles. The first-order chi connectivity index (χ1) is 9.76. The number of hydrogen-bond acceptors (Lipinski definition) is 5. The molecule has 5 nitrogen and oxygen atoms in total. The summed E-state index contributed by atoms with van der Waals surface area (Å²) >= 11 is 1.29. The van der Waals surface area contributed by atoms with E-state index in [1.54, 1.807) is 12.1 Å². The Morgan fingerprint density at radius 3 is 2.65 bits per heavy atom. The second-order valence-corrected chi connectivity index (χ2v) is 4.91. The van der Waals surface area contributed by atoms with Gasteiger partial charge in [-0.2, -0.15) is 10.5 Å². The molecule has 2 rings (SSSR count). The zero-order chi connectivity index (χ0) is 14.4. The molecule has 1 heterocycles. The van der Waals surface area contributed by atoms with Crippen LogP contribution in [-0.2, 0) is 0 Å². The molecule has 0 aliphatic rings. The van der Waals surface area contributed by atoms with Crippen LogP contribution < -0.4 is 5.56 Å². The molecule has 98 valence electrons. The maximum absolute atomic E-state index is 11.9. The van der Waals surface area contributed by atoms with Crippen molar-refractivity contribution >= 4 is 11.8 Å². The van der Waals surface area contributed by atoms with Crippen molar-refractivity contribution < 1.29 is 0 Å². The minimum absolute atomic E-state index is 0.000771. The fourth-order valence-corrected chi connectivity index (χ4v) is 2.33. The topological polar surface area (TPSA) is 93.3 Å². The summed E-state index contributed by atoms with van der Waals surface area (Å²) in [6.45, 7) is 0. The molecular weight excluding hydrogens is 272 g/mol. The number of thioether (sulfide) groups is 1. The zero-order valence-electron chi connectivity index (χ0n) is 10.5. The van der Waals surface area contributed by atoms with E-state index in [1.807, 2.05) is 30.3 Å². The van der Waals surface area contributed by atoms with E-state index in [1.165, 1.54) is 11.8 Å². The van der Waals surface area contributed by atoms with Crippen molar-refractivity contribution in [3.63, 3.8) is 0 Å². The first-order valence-electron chi connectivity index (χ1n) is 5.86. The number of nitriles is 2. The van der Waals surface area contributed by atoms with Gasteiger partial charge in [-0.15, -0.1) is 0 Å². The van der Waals surface area contributed by atoms with Crippen LogP contribution in [-0.4, -0.2) is 15.7 Å². The monoisotopic (exact) mass is 282 g/mol. The van der Waals surface area contributed by atoms with Crippen LogP contribution in [0.3, 0.4) is 0 Å². The van der Waals surface area contributed by atoms with Gasteiger partial charge in [0.1, 0.15) is 11.6 Å². The van der Waals surface area contributed by atoms with E-state index in [0.29, 0.717) is 23.0 Å². The lowest BCUT2D eigenvalue weighted by Crippen LogP contribution is -2.14. The fourth-order valence-electron chi connectivity index (χ4n) is 1.62. The van der Waals surface area contributed by atoms with E-state index >= 15 is 0 Å². The molecule has 0 radical (unpaired) electrons. The first kappa shape index (κ1) is 13.9. The maximum atomic E-state index is 11.9. The molecular formula is C14H10N4OS. The summed E-state index contributed by atoms with van der Waals surface area (Å²) in [5.41, 5.74) is 0.634. The average molecular weight is 282 g/mol. The number of hydrogen-bond donors (Lipinski definition) is 1. The molecule has 1 N–H and O–H groups in total.